The first-order valence-corrected chi connectivity index (χ1v) is 8.35. The van der Waals surface area contributed by atoms with Crippen molar-refractivity contribution in [2.75, 3.05) is 13.2 Å². The van der Waals surface area contributed by atoms with Gasteiger partial charge in [-0.2, -0.15) is 5.10 Å². The van der Waals surface area contributed by atoms with Crippen molar-refractivity contribution in [2.24, 2.45) is 7.05 Å². The Hall–Kier alpha value is -1.85. The number of halogens is 1. The number of morpholine rings is 1. The maximum Gasteiger partial charge on any atom is 0.257 e. The lowest BCUT2D eigenvalue weighted by Crippen LogP contribution is -2.56. The molecule has 0 spiro atoms. The Morgan fingerprint density at radius 1 is 1.38 bits per heavy atom. The first kappa shape index (κ1) is 17.0. The van der Waals surface area contributed by atoms with Gasteiger partial charge in [0.15, 0.2) is 0 Å². The Morgan fingerprint density at radius 2 is 2.08 bits per heavy atom. The molecule has 2 heterocycles. The molecule has 5 nitrogen and oxygen atoms in total. The lowest BCUT2D eigenvalue weighted by atomic mass is 9.97. The number of nitrogens with zero attached hydrogens (tertiary/aromatic N) is 3. The second-order valence-corrected chi connectivity index (χ2v) is 7.22. The van der Waals surface area contributed by atoms with Gasteiger partial charge >= 0.3 is 0 Å². The van der Waals surface area contributed by atoms with E-state index in [0.717, 1.165) is 11.3 Å². The third-order valence-corrected chi connectivity index (χ3v) is 5.02. The molecule has 0 N–H and O–H groups in total. The zero-order valence-electron chi connectivity index (χ0n) is 14.4. The molecule has 3 rings (SSSR count). The van der Waals surface area contributed by atoms with Gasteiger partial charge in [-0.05, 0) is 26.8 Å². The summed E-state index contributed by atoms with van der Waals surface area (Å²) < 4.78 is 7.73. The number of rotatable bonds is 2. The summed E-state index contributed by atoms with van der Waals surface area (Å²) in [6.07, 6.45) is 1.40. The van der Waals surface area contributed by atoms with E-state index < -0.39 is 5.54 Å². The van der Waals surface area contributed by atoms with Crippen molar-refractivity contribution in [1.82, 2.24) is 14.7 Å². The summed E-state index contributed by atoms with van der Waals surface area (Å²) in [5, 5.41) is 4.85. The van der Waals surface area contributed by atoms with Gasteiger partial charge in [0.1, 0.15) is 6.10 Å². The maximum absolute atomic E-state index is 13.1. The minimum absolute atomic E-state index is 0.0223. The molecule has 2 aromatic rings. The van der Waals surface area contributed by atoms with Crippen molar-refractivity contribution in [3.63, 3.8) is 0 Å². The van der Waals surface area contributed by atoms with Crippen molar-refractivity contribution in [1.29, 1.82) is 0 Å². The van der Waals surface area contributed by atoms with Gasteiger partial charge in [0.25, 0.3) is 5.91 Å². The average molecular weight is 348 g/mol. The summed E-state index contributed by atoms with van der Waals surface area (Å²) in [5.74, 6) is -0.0223. The number of carbonyl (C=O) groups is 1. The summed E-state index contributed by atoms with van der Waals surface area (Å²) in [4.78, 5) is 15.0. The molecule has 6 heteroatoms. The Morgan fingerprint density at radius 3 is 2.71 bits per heavy atom. The summed E-state index contributed by atoms with van der Waals surface area (Å²) in [6.45, 7) is 6.84. The van der Waals surface area contributed by atoms with Crippen LogP contribution in [0.5, 0.6) is 0 Å². The molecule has 1 atom stereocenters. The Kier molecular flexibility index (Phi) is 4.40. The summed E-state index contributed by atoms with van der Waals surface area (Å²) >= 11 is 6.30. The summed E-state index contributed by atoms with van der Waals surface area (Å²) in [7, 11) is 1.84. The molecule has 1 aromatic carbocycles. The normalized spacial score (nSPS) is 20.2. The third-order valence-electron chi connectivity index (χ3n) is 4.68. The Bertz CT molecular complexity index is 769. The van der Waals surface area contributed by atoms with Gasteiger partial charge in [0, 0.05) is 23.3 Å². The standard InChI is InChI=1S/C18H22ClN3O2/c1-12-14(9-20-21(12)4)17(23)22-10-16(24-11-18(22,2)3)13-7-5-6-8-15(13)19/h5-9,16H,10-11H2,1-4H3/t16-/m1/s1. The first-order valence-electron chi connectivity index (χ1n) is 7.98. The van der Waals surface area contributed by atoms with E-state index in [-0.39, 0.29) is 12.0 Å². The second-order valence-electron chi connectivity index (χ2n) is 6.82. The molecule has 1 aliphatic heterocycles. The fourth-order valence-corrected chi connectivity index (χ4v) is 3.24. The van der Waals surface area contributed by atoms with Crippen molar-refractivity contribution in [3.05, 3.63) is 52.3 Å². The number of hydrogen-bond acceptors (Lipinski definition) is 3. The maximum atomic E-state index is 13.1. The van der Waals surface area contributed by atoms with E-state index >= 15 is 0 Å². The lowest BCUT2D eigenvalue weighted by molar-refractivity contribution is -0.0846. The predicted molar refractivity (Wildman–Crippen MR) is 93.2 cm³/mol. The minimum Gasteiger partial charge on any atom is -0.369 e. The number of carbonyl (C=O) groups excluding carboxylic acids is 1. The van der Waals surface area contributed by atoms with E-state index in [0.29, 0.717) is 23.7 Å². The highest BCUT2D eigenvalue weighted by Crippen LogP contribution is 2.34. The molecular weight excluding hydrogens is 326 g/mol. The molecule has 0 aliphatic carbocycles. The summed E-state index contributed by atoms with van der Waals surface area (Å²) in [5.41, 5.74) is 2.01. The van der Waals surface area contributed by atoms with Crippen LogP contribution >= 0.6 is 11.6 Å². The molecule has 0 radical (unpaired) electrons. The fraction of sp³-hybridized carbons (Fsp3) is 0.444. The first-order chi connectivity index (χ1) is 11.3. The van der Waals surface area contributed by atoms with Crippen LogP contribution in [0.4, 0.5) is 0 Å². The molecule has 1 aromatic heterocycles. The Labute approximate surface area is 147 Å². The van der Waals surface area contributed by atoms with Gasteiger partial charge < -0.3 is 9.64 Å². The smallest absolute Gasteiger partial charge is 0.257 e. The number of hydrogen-bond donors (Lipinski definition) is 0. The number of amides is 1. The molecule has 1 amide bonds. The van der Waals surface area contributed by atoms with Crippen molar-refractivity contribution < 1.29 is 9.53 Å². The van der Waals surface area contributed by atoms with Gasteiger partial charge in [0.2, 0.25) is 0 Å². The quantitative estimate of drug-likeness (QED) is 0.836. The van der Waals surface area contributed by atoms with Gasteiger partial charge in [-0.25, -0.2) is 0 Å². The average Bonchev–Trinajstić information content (AvgIpc) is 2.87. The highest BCUT2D eigenvalue weighted by atomic mass is 35.5. The van der Waals surface area contributed by atoms with E-state index in [1.807, 2.05) is 57.0 Å². The zero-order valence-corrected chi connectivity index (χ0v) is 15.2. The number of aromatic nitrogens is 2. The van der Waals surface area contributed by atoms with E-state index in [1.165, 1.54) is 0 Å². The molecule has 0 bridgehead atoms. The van der Waals surface area contributed by atoms with E-state index in [1.54, 1.807) is 10.9 Å². The van der Waals surface area contributed by atoms with Crippen LogP contribution in [0.15, 0.2) is 30.5 Å². The molecule has 0 unspecified atom stereocenters. The molecular formula is C18H22ClN3O2. The highest BCUT2D eigenvalue weighted by molar-refractivity contribution is 6.31. The number of aryl methyl sites for hydroxylation is 1. The van der Waals surface area contributed by atoms with Crippen LogP contribution in [0.2, 0.25) is 5.02 Å². The Balaban J connectivity index is 1.91. The molecule has 0 saturated carbocycles. The van der Waals surface area contributed by atoms with E-state index in [9.17, 15) is 4.79 Å². The largest absolute Gasteiger partial charge is 0.369 e. The number of ether oxygens (including phenoxy) is 1. The van der Waals surface area contributed by atoms with E-state index in [4.69, 9.17) is 16.3 Å². The minimum atomic E-state index is -0.392. The van der Waals surface area contributed by atoms with Crippen LogP contribution in [0.3, 0.4) is 0 Å². The van der Waals surface area contributed by atoms with Crippen molar-refractivity contribution >= 4 is 17.5 Å². The highest BCUT2D eigenvalue weighted by Gasteiger charge is 2.40. The van der Waals surface area contributed by atoms with Gasteiger partial charge in [-0.1, -0.05) is 29.8 Å². The van der Waals surface area contributed by atoms with Crippen LogP contribution in [-0.2, 0) is 11.8 Å². The van der Waals surface area contributed by atoms with Crippen LogP contribution in [0.1, 0.15) is 41.6 Å². The second kappa shape index (κ2) is 6.22. The van der Waals surface area contributed by atoms with Crippen LogP contribution in [0.25, 0.3) is 0 Å². The van der Waals surface area contributed by atoms with Gasteiger partial charge in [-0.3, -0.25) is 9.48 Å². The topological polar surface area (TPSA) is 47.4 Å². The fourth-order valence-electron chi connectivity index (χ4n) is 2.98. The molecule has 1 saturated heterocycles. The van der Waals surface area contributed by atoms with Crippen molar-refractivity contribution in [3.8, 4) is 0 Å². The zero-order chi connectivity index (χ0) is 17.5. The number of benzene rings is 1. The van der Waals surface area contributed by atoms with Gasteiger partial charge in [0.05, 0.1) is 30.5 Å². The third kappa shape index (κ3) is 2.94. The van der Waals surface area contributed by atoms with Crippen molar-refractivity contribution in [2.45, 2.75) is 32.4 Å². The SMILES string of the molecule is Cc1c(C(=O)N2C[C@H](c3ccccc3Cl)OCC2(C)C)cnn1C. The predicted octanol–water partition coefficient (Wildman–Crippen LogP) is 3.37. The molecule has 1 fully saturated rings. The molecule has 24 heavy (non-hydrogen) atoms. The molecule has 1 aliphatic rings. The van der Waals surface area contributed by atoms with Crippen LogP contribution in [-0.4, -0.2) is 39.3 Å². The van der Waals surface area contributed by atoms with Crippen LogP contribution < -0.4 is 0 Å². The van der Waals surface area contributed by atoms with Gasteiger partial charge in [-0.15, -0.1) is 0 Å². The molecule has 128 valence electrons. The summed E-state index contributed by atoms with van der Waals surface area (Å²) in [6, 6.07) is 7.61. The monoisotopic (exact) mass is 347 g/mol. The lowest BCUT2D eigenvalue weighted by Gasteiger charge is -2.45. The van der Waals surface area contributed by atoms with Crippen LogP contribution in [0, 0.1) is 6.92 Å². The van der Waals surface area contributed by atoms with E-state index in [2.05, 4.69) is 5.10 Å².